The van der Waals surface area contributed by atoms with Crippen LogP contribution >= 0.6 is 11.6 Å². The van der Waals surface area contributed by atoms with Gasteiger partial charge in [0.1, 0.15) is 5.75 Å². The molecule has 4 nitrogen and oxygen atoms in total. The van der Waals surface area contributed by atoms with E-state index in [1.54, 1.807) is 31.2 Å². The summed E-state index contributed by atoms with van der Waals surface area (Å²) < 4.78 is 5.61. The van der Waals surface area contributed by atoms with Crippen LogP contribution in [0.5, 0.6) is 5.75 Å². The van der Waals surface area contributed by atoms with Crippen molar-refractivity contribution >= 4 is 28.4 Å². The molecule has 2 N–H and O–H groups in total. The largest absolute Gasteiger partial charge is 0.481 e. The van der Waals surface area contributed by atoms with Crippen LogP contribution < -0.4 is 10.1 Å². The molecular weight excluding hydrogens is 324 g/mol. The number of ether oxygens (including phenoxy) is 1. The zero-order valence-corrected chi connectivity index (χ0v) is 14.1. The Balaban J connectivity index is 1.48. The number of nitrogens with one attached hydrogen (secondary N) is 2. The van der Waals surface area contributed by atoms with Crippen LogP contribution in [0.3, 0.4) is 0 Å². The van der Waals surface area contributed by atoms with Crippen molar-refractivity contribution in [1.82, 2.24) is 10.3 Å². The van der Waals surface area contributed by atoms with Crippen LogP contribution in [0.4, 0.5) is 0 Å². The third kappa shape index (κ3) is 4.09. The Morgan fingerprint density at radius 2 is 2.00 bits per heavy atom. The van der Waals surface area contributed by atoms with Crippen LogP contribution in [0.2, 0.25) is 5.02 Å². The monoisotopic (exact) mass is 342 g/mol. The second-order valence-corrected chi connectivity index (χ2v) is 6.09. The molecule has 3 aromatic rings. The minimum atomic E-state index is -0.557. The summed E-state index contributed by atoms with van der Waals surface area (Å²) in [6.45, 7) is 2.30. The van der Waals surface area contributed by atoms with E-state index in [1.807, 2.05) is 12.3 Å². The second-order valence-electron chi connectivity index (χ2n) is 5.65. The SMILES string of the molecule is CC(Oc1ccc(Cl)cc1)C(=O)NCCc1ccc2[nH]ccc2c1. The van der Waals surface area contributed by atoms with Gasteiger partial charge in [-0.1, -0.05) is 17.7 Å². The van der Waals surface area contributed by atoms with Crippen LogP contribution in [0.1, 0.15) is 12.5 Å². The van der Waals surface area contributed by atoms with Gasteiger partial charge >= 0.3 is 0 Å². The summed E-state index contributed by atoms with van der Waals surface area (Å²) in [6.07, 6.45) is 2.14. The first-order chi connectivity index (χ1) is 11.6. The molecule has 2 aromatic carbocycles. The Morgan fingerprint density at radius 3 is 2.79 bits per heavy atom. The van der Waals surface area contributed by atoms with Crippen LogP contribution in [-0.2, 0) is 11.2 Å². The summed E-state index contributed by atoms with van der Waals surface area (Å²) in [4.78, 5) is 15.3. The van der Waals surface area contributed by atoms with Gasteiger partial charge in [-0.2, -0.15) is 0 Å². The van der Waals surface area contributed by atoms with Gasteiger partial charge in [0.15, 0.2) is 6.10 Å². The number of carbonyl (C=O) groups is 1. The number of aromatic nitrogens is 1. The molecule has 0 spiro atoms. The summed E-state index contributed by atoms with van der Waals surface area (Å²) in [5.74, 6) is 0.493. The van der Waals surface area contributed by atoms with E-state index in [0.29, 0.717) is 17.3 Å². The number of halogens is 1. The summed E-state index contributed by atoms with van der Waals surface area (Å²) in [5.41, 5.74) is 2.31. The van der Waals surface area contributed by atoms with Crippen molar-refractivity contribution in [3.63, 3.8) is 0 Å². The van der Waals surface area contributed by atoms with E-state index >= 15 is 0 Å². The molecule has 0 radical (unpaired) electrons. The van der Waals surface area contributed by atoms with Gasteiger partial charge in [-0.25, -0.2) is 0 Å². The average molecular weight is 343 g/mol. The molecule has 0 aliphatic heterocycles. The van der Waals surface area contributed by atoms with Gasteiger partial charge < -0.3 is 15.0 Å². The van der Waals surface area contributed by atoms with Crippen molar-refractivity contribution in [2.24, 2.45) is 0 Å². The summed E-state index contributed by atoms with van der Waals surface area (Å²) in [5, 5.41) is 4.72. The molecule has 24 heavy (non-hydrogen) atoms. The summed E-state index contributed by atoms with van der Waals surface area (Å²) in [6, 6.07) is 15.3. The number of aromatic amines is 1. The highest BCUT2D eigenvalue weighted by atomic mass is 35.5. The zero-order valence-electron chi connectivity index (χ0n) is 13.4. The van der Waals surface area contributed by atoms with Gasteiger partial charge in [0.05, 0.1) is 0 Å². The fourth-order valence-corrected chi connectivity index (χ4v) is 2.63. The molecular formula is C19H19ClN2O2. The molecule has 124 valence electrons. The normalized spacial score (nSPS) is 12.1. The van der Waals surface area contributed by atoms with E-state index in [2.05, 4.69) is 28.5 Å². The van der Waals surface area contributed by atoms with E-state index in [9.17, 15) is 4.79 Å². The van der Waals surface area contributed by atoms with Gasteiger partial charge in [0, 0.05) is 23.3 Å². The third-order valence-corrected chi connectivity index (χ3v) is 4.08. The van der Waals surface area contributed by atoms with E-state index in [1.165, 1.54) is 10.9 Å². The topological polar surface area (TPSA) is 54.1 Å². The van der Waals surface area contributed by atoms with E-state index < -0.39 is 6.10 Å². The van der Waals surface area contributed by atoms with Crippen molar-refractivity contribution in [3.8, 4) is 5.75 Å². The van der Waals surface area contributed by atoms with E-state index in [4.69, 9.17) is 16.3 Å². The molecule has 0 fully saturated rings. The summed E-state index contributed by atoms with van der Waals surface area (Å²) in [7, 11) is 0. The molecule has 0 saturated carbocycles. The van der Waals surface area contributed by atoms with Crippen LogP contribution in [0, 0.1) is 0 Å². The maximum atomic E-state index is 12.1. The van der Waals surface area contributed by atoms with Gasteiger partial charge in [0.2, 0.25) is 0 Å². The lowest BCUT2D eigenvalue weighted by Crippen LogP contribution is -2.37. The molecule has 0 aliphatic rings. The lowest BCUT2D eigenvalue weighted by Gasteiger charge is -2.14. The maximum absolute atomic E-state index is 12.1. The van der Waals surface area contributed by atoms with Crippen molar-refractivity contribution < 1.29 is 9.53 Å². The Morgan fingerprint density at radius 1 is 1.21 bits per heavy atom. The number of rotatable bonds is 6. The smallest absolute Gasteiger partial charge is 0.260 e. The predicted molar refractivity (Wildman–Crippen MR) is 96.6 cm³/mol. The van der Waals surface area contributed by atoms with Crippen molar-refractivity contribution in [1.29, 1.82) is 0 Å². The molecule has 0 saturated heterocycles. The number of benzene rings is 2. The highest BCUT2D eigenvalue weighted by Crippen LogP contribution is 2.17. The summed E-state index contributed by atoms with van der Waals surface area (Å²) >= 11 is 5.83. The zero-order chi connectivity index (χ0) is 16.9. The molecule has 1 unspecified atom stereocenters. The Kier molecular flexibility index (Phi) is 5.06. The first kappa shape index (κ1) is 16.4. The van der Waals surface area contributed by atoms with Crippen LogP contribution in [-0.4, -0.2) is 23.5 Å². The highest BCUT2D eigenvalue weighted by molar-refractivity contribution is 6.30. The van der Waals surface area contributed by atoms with E-state index in [-0.39, 0.29) is 5.91 Å². The Hall–Kier alpha value is -2.46. The number of fused-ring (bicyclic) bond motifs is 1. The third-order valence-electron chi connectivity index (χ3n) is 3.83. The Bertz CT molecular complexity index is 827. The Labute approximate surface area is 145 Å². The number of carbonyl (C=O) groups excluding carboxylic acids is 1. The number of amides is 1. The van der Waals surface area contributed by atoms with E-state index in [0.717, 1.165) is 11.9 Å². The standard InChI is InChI=1S/C19H19ClN2O2/c1-13(24-17-5-3-16(20)4-6-17)19(23)22-10-8-14-2-7-18-15(12-14)9-11-21-18/h2-7,9,11-13,21H,8,10H2,1H3,(H,22,23). The predicted octanol–water partition coefficient (Wildman–Crippen LogP) is 3.95. The van der Waals surface area contributed by atoms with Gasteiger partial charge in [0.25, 0.3) is 5.91 Å². The van der Waals surface area contributed by atoms with Gasteiger partial charge in [-0.3, -0.25) is 4.79 Å². The molecule has 1 amide bonds. The molecule has 5 heteroatoms. The van der Waals surface area contributed by atoms with Crippen LogP contribution in [0.15, 0.2) is 54.7 Å². The number of hydrogen-bond donors (Lipinski definition) is 2. The van der Waals surface area contributed by atoms with Gasteiger partial charge in [-0.05, 0) is 66.8 Å². The fourth-order valence-electron chi connectivity index (χ4n) is 2.50. The second kappa shape index (κ2) is 7.41. The fraction of sp³-hybridized carbons (Fsp3) is 0.211. The average Bonchev–Trinajstić information content (AvgIpc) is 3.04. The number of hydrogen-bond acceptors (Lipinski definition) is 2. The molecule has 1 heterocycles. The first-order valence-corrected chi connectivity index (χ1v) is 8.25. The molecule has 3 rings (SSSR count). The maximum Gasteiger partial charge on any atom is 0.260 e. The molecule has 0 bridgehead atoms. The minimum Gasteiger partial charge on any atom is -0.481 e. The van der Waals surface area contributed by atoms with Crippen molar-refractivity contribution in [2.45, 2.75) is 19.4 Å². The molecule has 1 aromatic heterocycles. The van der Waals surface area contributed by atoms with Crippen molar-refractivity contribution in [2.75, 3.05) is 6.54 Å². The lowest BCUT2D eigenvalue weighted by atomic mass is 10.1. The molecule has 0 aliphatic carbocycles. The lowest BCUT2D eigenvalue weighted by molar-refractivity contribution is -0.127. The highest BCUT2D eigenvalue weighted by Gasteiger charge is 2.14. The number of H-pyrrole nitrogens is 1. The quantitative estimate of drug-likeness (QED) is 0.712. The first-order valence-electron chi connectivity index (χ1n) is 7.88. The van der Waals surface area contributed by atoms with Crippen molar-refractivity contribution in [3.05, 3.63) is 65.3 Å². The van der Waals surface area contributed by atoms with Gasteiger partial charge in [-0.15, -0.1) is 0 Å². The minimum absolute atomic E-state index is 0.132. The van der Waals surface area contributed by atoms with Crippen LogP contribution in [0.25, 0.3) is 10.9 Å². The molecule has 1 atom stereocenters.